The van der Waals surface area contributed by atoms with Gasteiger partial charge in [-0.05, 0) is 6.92 Å². The van der Waals surface area contributed by atoms with Crippen LogP contribution in [0.3, 0.4) is 0 Å². The van der Waals surface area contributed by atoms with Crippen molar-refractivity contribution in [2.45, 2.75) is 13.5 Å². The number of amides is 1. The van der Waals surface area contributed by atoms with Crippen LogP contribution < -0.4 is 5.32 Å². The van der Waals surface area contributed by atoms with E-state index in [1.165, 1.54) is 0 Å². The van der Waals surface area contributed by atoms with Crippen molar-refractivity contribution in [3.63, 3.8) is 0 Å². The Hall–Kier alpha value is -1.32. The number of hydrogen-bond acceptors (Lipinski definition) is 2. The smallest absolute Gasteiger partial charge is 0.212 e. The van der Waals surface area contributed by atoms with Crippen molar-refractivity contribution in [2.75, 3.05) is 5.32 Å². The molecular formula is C6H9N3O. The molecule has 1 heterocycles. The second kappa shape index (κ2) is 3.00. The third kappa shape index (κ3) is 1.15. The van der Waals surface area contributed by atoms with E-state index >= 15 is 0 Å². The van der Waals surface area contributed by atoms with Crippen molar-refractivity contribution in [3.05, 3.63) is 12.5 Å². The lowest BCUT2D eigenvalue weighted by atomic mass is 10.6. The van der Waals surface area contributed by atoms with Gasteiger partial charge in [0.05, 0.1) is 12.5 Å². The molecule has 1 aromatic heterocycles. The maximum atomic E-state index is 9.99. The average molecular weight is 139 g/mol. The number of hydrogen-bond donors (Lipinski definition) is 1. The largest absolute Gasteiger partial charge is 0.318 e. The van der Waals surface area contributed by atoms with Crippen LogP contribution in [0.1, 0.15) is 6.92 Å². The molecule has 54 valence electrons. The fourth-order valence-corrected chi connectivity index (χ4v) is 0.753. The summed E-state index contributed by atoms with van der Waals surface area (Å²) in [6.45, 7) is 2.80. The summed E-state index contributed by atoms with van der Waals surface area (Å²) in [6.07, 6.45) is 3.92. The van der Waals surface area contributed by atoms with Crippen LogP contribution in [0.15, 0.2) is 12.5 Å². The molecule has 1 aromatic rings. The van der Waals surface area contributed by atoms with Crippen molar-refractivity contribution < 1.29 is 4.79 Å². The van der Waals surface area contributed by atoms with Gasteiger partial charge in [0, 0.05) is 6.54 Å². The first kappa shape index (κ1) is 6.80. The van der Waals surface area contributed by atoms with Gasteiger partial charge >= 0.3 is 0 Å². The van der Waals surface area contributed by atoms with Gasteiger partial charge in [0.1, 0.15) is 5.82 Å². The van der Waals surface area contributed by atoms with Gasteiger partial charge in [0.2, 0.25) is 6.41 Å². The Morgan fingerprint density at radius 2 is 2.70 bits per heavy atom. The maximum absolute atomic E-state index is 9.99. The van der Waals surface area contributed by atoms with Gasteiger partial charge in [-0.1, -0.05) is 0 Å². The summed E-state index contributed by atoms with van der Waals surface area (Å²) in [5, 5.41) is 2.53. The number of carbonyl (C=O) groups excluding carboxylic acids is 1. The normalized spacial score (nSPS) is 9.30. The van der Waals surface area contributed by atoms with Crippen LogP contribution in [0.25, 0.3) is 0 Å². The molecule has 4 nitrogen and oxygen atoms in total. The summed E-state index contributed by atoms with van der Waals surface area (Å²) >= 11 is 0. The molecule has 1 rings (SSSR count). The van der Waals surface area contributed by atoms with Gasteiger partial charge in [-0.25, -0.2) is 4.98 Å². The standard InChI is InChI=1S/C6H9N3O/c1-2-9-4-7-3-6(9)8-5-10/h3-5H,2H2,1H3,(H,8,10). The van der Waals surface area contributed by atoms with Crippen LogP contribution in [0.2, 0.25) is 0 Å². The Labute approximate surface area is 58.9 Å². The molecule has 0 fully saturated rings. The van der Waals surface area contributed by atoms with Crippen molar-refractivity contribution in [1.29, 1.82) is 0 Å². The van der Waals surface area contributed by atoms with Gasteiger partial charge in [-0.15, -0.1) is 0 Å². The summed E-state index contributed by atoms with van der Waals surface area (Å²) < 4.78 is 1.84. The summed E-state index contributed by atoms with van der Waals surface area (Å²) in [7, 11) is 0. The van der Waals surface area contributed by atoms with Gasteiger partial charge in [0.25, 0.3) is 0 Å². The third-order valence-electron chi connectivity index (χ3n) is 1.26. The Morgan fingerprint density at radius 3 is 3.30 bits per heavy atom. The molecule has 0 saturated carbocycles. The zero-order chi connectivity index (χ0) is 7.40. The second-order valence-electron chi connectivity index (χ2n) is 1.83. The first-order chi connectivity index (χ1) is 4.88. The lowest BCUT2D eigenvalue weighted by molar-refractivity contribution is -0.105. The summed E-state index contributed by atoms with van der Waals surface area (Å²) in [6, 6.07) is 0. The number of anilines is 1. The molecule has 1 N–H and O–H groups in total. The minimum absolute atomic E-state index is 0.642. The van der Waals surface area contributed by atoms with Crippen LogP contribution in [-0.4, -0.2) is 16.0 Å². The van der Waals surface area contributed by atoms with E-state index in [2.05, 4.69) is 10.3 Å². The monoisotopic (exact) mass is 139 g/mol. The zero-order valence-electron chi connectivity index (χ0n) is 5.74. The van der Waals surface area contributed by atoms with Crippen LogP contribution in [0.4, 0.5) is 5.82 Å². The molecule has 0 spiro atoms. The molecular weight excluding hydrogens is 130 g/mol. The van der Waals surface area contributed by atoms with Crippen molar-refractivity contribution in [1.82, 2.24) is 9.55 Å². The van der Waals surface area contributed by atoms with E-state index in [1.807, 2.05) is 11.5 Å². The molecule has 0 aliphatic carbocycles. The first-order valence-corrected chi connectivity index (χ1v) is 3.08. The average Bonchev–Trinajstić information content (AvgIpc) is 2.36. The SMILES string of the molecule is CCn1cncc1NC=O. The van der Waals surface area contributed by atoms with Gasteiger partial charge in [-0.3, -0.25) is 4.79 Å². The number of nitrogens with one attached hydrogen (secondary N) is 1. The number of carbonyl (C=O) groups is 1. The highest BCUT2D eigenvalue weighted by molar-refractivity contribution is 5.68. The van der Waals surface area contributed by atoms with E-state index in [-0.39, 0.29) is 0 Å². The predicted molar refractivity (Wildman–Crippen MR) is 37.6 cm³/mol. The van der Waals surface area contributed by atoms with E-state index in [9.17, 15) is 4.79 Å². The highest BCUT2D eigenvalue weighted by Gasteiger charge is 1.95. The summed E-state index contributed by atoms with van der Waals surface area (Å²) in [5.74, 6) is 0.734. The number of nitrogens with zero attached hydrogens (tertiary/aromatic N) is 2. The van der Waals surface area contributed by atoms with Crippen LogP contribution in [0, 0.1) is 0 Å². The molecule has 0 unspecified atom stereocenters. The molecule has 10 heavy (non-hydrogen) atoms. The molecule has 1 amide bonds. The van der Waals surface area contributed by atoms with E-state index < -0.39 is 0 Å². The highest BCUT2D eigenvalue weighted by Crippen LogP contribution is 2.03. The molecule has 0 aliphatic rings. The molecule has 0 aliphatic heterocycles. The van der Waals surface area contributed by atoms with Crippen molar-refractivity contribution in [3.8, 4) is 0 Å². The lowest BCUT2D eigenvalue weighted by Gasteiger charge is -2.00. The number of aromatic nitrogens is 2. The Bertz CT molecular complexity index is 219. The van der Waals surface area contributed by atoms with Crippen LogP contribution in [-0.2, 0) is 11.3 Å². The molecule has 0 atom stereocenters. The van der Waals surface area contributed by atoms with E-state index in [0.29, 0.717) is 6.41 Å². The number of aryl methyl sites for hydroxylation is 1. The quantitative estimate of drug-likeness (QED) is 0.619. The van der Waals surface area contributed by atoms with E-state index in [1.54, 1.807) is 12.5 Å². The van der Waals surface area contributed by atoms with Gasteiger partial charge in [-0.2, -0.15) is 0 Å². The number of imidazole rings is 1. The van der Waals surface area contributed by atoms with E-state index in [4.69, 9.17) is 0 Å². The molecule has 0 radical (unpaired) electrons. The van der Waals surface area contributed by atoms with Crippen LogP contribution in [0.5, 0.6) is 0 Å². The van der Waals surface area contributed by atoms with Crippen LogP contribution >= 0.6 is 0 Å². The fourth-order valence-electron chi connectivity index (χ4n) is 0.753. The molecule has 0 bridgehead atoms. The highest BCUT2D eigenvalue weighted by atomic mass is 16.1. The lowest BCUT2D eigenvalue weighted by Crippen LogP contribution is -2.01. The third-order valence-corrected chi connectivity index (χ3v) is 1.26. The zero-order valence-corrected chi connectivity index (χ0v) is 5.74. The predicted octanol–water partition coefficient (Wildman–Crippen LogP) is 0.471. The Morgan fingerprint density at radius 1 is 1.90 bits per heavy atom. The minimum atomic E-state index is 0.642. The second-order valence-corrected chi connectivity index (χ2v) is 1.83. The minimum Gasteiger partial charge on any atom is -0.318 e. The first-order valence-electron chi connectivity index (χ1n) is 3.08. The summed E-state index contributed by atoms with van der Waals surface area (Å²) in [5.41, 5.74) is 0. The van der Waals surface area contributed by atoms with Gasteiger partial charge in [0.15, 0.2) is 0 Å². The molecule has 4 heteroatoms. The molecule has 0 saturated heterocycles. The summed E-state index contributed by atoms with van der Waals surface area (Å²) in [4.78, 5) is 13.8. The topological polar surface area (TPSA) is 46.9 Å². The van der Waals surface area contributed by atoms with Crippen molar-refractivity contribution >= 4 is 12.2 Å². The number of rotatable bonds is 3. The van der Waals surface area contributed by atoms with E-state index in [0.717, 1.165) is 12.4 Å². The Kier molecular flexibility index (Phi) is 2.04. The van der Waals surface area contributed by atoms with Crippen molar-refractivity contribution in [2.24, 2.45) is 0 Å². The molecule has 0 aromatic carbocycles. The fraction of sp³-hybridized carbons (Fsp3) is 0.333. The Balaban J connectivity index is 2.79. The maximum Gasteiger partial charge on any atom is 0.212 e. The van der Waals surface area contributed by atoms with Gasteiger partial charge < -0.3 is 9.88 Å².